The van der Waals surface area contributed by atoms with Gasteiger partial charge in [0.15, 0.2) is 0 Å². The number of amidine groups is 1. The highest BCUT2D eigenvalue weighted by atomic mass is 35.5. The predicted molar refractivity (Wildman–Crippen MR) is 89.1 cm³/mol. The average molecular weight is 354 g/mol. The minimum Gasteiger partial charge on any atom is -0.464 e. The first-order valence-corrected chi connectivity index (χ1v) is 8.61. The van der Waals surface area contributed by atoms with Crippen molar-refractivity contribution in [2.75, 3.05) is 6.61 Å². The molecule has 2 heterocycles. The molecular formula is C16H20ClN3O4. The summed E-state index contributed by atoms with van der Waals surface area (Å²) in [6.07, 6.45) is 4.18. The number of nitro groups is 1. The minimum atomic E-state index is -0.525. The Hall–Kier alpha value is -1.89. The average Bonchev–Trinajstić information content (AvgIpc) is 3.24. The number of nitrogens with zero attached hydrogens (tertiary/aromatic N) is 3. The SMILES string of the molecule is CCOC(=O)[C@H]1CC2CC2N1C1=NC(Cl)=C(CC)CC=C1[N+](=O)[O-]. The Bertz CT molecular complexity index is 670. The maximum absolute atomic E-state index is 12.3. The van der Waals surface area contributed by atoms with E-state index in [4.69, 9.17) is 16.3 Å². The van der Waals surface area contributed by atoms with Crippen molar-refractivity contribution in [3.63, 3.8) is 0 Å². The molecule has 2 unspecified atom stereocenters. The van der Waals surface area contributed by atoms with Gasteiger partial charge in [0.05, 0.1) is 11.5 Å². The number of ether oxygens (including phenoxy) is 1. The largest absolute Gasteiger partial charge is 0.464 e. The number of hydrogen-bond acceptors (Lipinski definition) is 6. The second kappa shape index (κ2) is 6.55. The van der Waals surface area contributed by atoms with Crippen molar-refractivity contribution < 1.29 is 14.5 Å². The molecule has 0 aromatic heterocycles. The van der Waals surface area contributed by atoms with Crippen LogP contribution in [-0.4, -0.2) is 40.3 Å². The van der Waals surface area contributed by atoms with E-state index in [1.807, 2.05) is 6.92 Å². The van der Waals surface area contributed by atoms with Gasteiger partial charge in [0, 0.05) is 12.1 Å². The third kappa shape index (κ3) is 2.92. The van der Waals surface area contributed by atoms with Crippen LogP contribution >= 0.6 is 11.6 Å². The number of likely N-dealkylation sites (tertiary alicyclic amines) is 1. The fourth-order valence-corrected chi connectivity index (χ4v) is 3.76. The Morgan fingerprint density at radius 1 is 1.50 bits per heavy atom. The fourth-order valence-electron chi connectivity index (χ4n) is 3.47. The smallest absolute Gasteiger partial charge is 0.328 e. The van der Waals surface area contributed by atoms with Crippen LogP contribution < -0.4 is 0 Å². The molecule has 8 heteroatoms. The molecule has 24 heavy (non-hydrogen) atoms. The number of carbonyl (C=O) groups excluding carboxylic acids is 1. The van der Waals surface area contributed by atoms with Crippen LogP contribution in [0.2, 0.25) is 0 Å². The van der Waals surface area contributed by atoms with Crippen molar-refractivity contribution in [1.29, 1.82) is 0 Å². The quantitative estimate of drug-likeness (QED) is 0.336. The predicted octanol–water partition coefficient (Wildman–Crippen LogP) is 2.84. The molecule has 1 saturated heterocycles. The normalized spacial score (nSPS) is 28.8. The van der Waals surface area contributed by atoms with Gasteiger partial charge in [0.1, 0.15) is 11.2 Å². The zero-order valence-corrected chi connectivity index (χ0v) is 14.5. The molecule has 3 rings (SSSR count). The first-order valence-electron chi connectivity index (χ1n) is 8.24. The molecule has 0 bridgehead atoms. The summed E-state index contributed by atoms with van der Waals surface area (Å²) in [5.41, 5.74) is 0.767. The zero-order chi connectivity index (χ0) is 17.4. The number of piperidine rings is 1. The van der Waals surface area contributed by atoms with E-state index in [1.165, 1.54) is 0 Å². The monoisotopic (exact) mass is 353 g/mol. The van der Waals surface area contributed by atoms with Crippen LogP contribution in [0, 0.1) is 16.0 Å². The van der Waals surface area contributed by atoms with E-state index in [9.17, 15) is 14.9 Å². The lowest BCUT2D eigenvalue weighted by molar-refractivity contribution is -0.416. The van der Waals surface area contributed by atoms with Crippen molar-refractivity contribution in [2.45, 2.75) is 51.6 Å². The molecule has 130 valence electrons. The van der Waals surface area contributed by atoms with Crippen molar-refractivity contribution in [3.05, 3.63) is 32.6 Å². The molecule has 0 N–H and O–H groups in total. The lowest BCUT2D eigenvalue weighted by Crippen LogP contribution is -2.45. The summed E-state index contributed by atoms with van der Waals surface area (Å²) < 4.78 is 5.14. The van der Waals surface area contributed by atoms with E-state index in [0.29, 0.717) is 25.2 Å². The molecule has 1 aliphatic carbocycles. The molecule has 0 spiro atoms. The van der Waals surface area contributed by atoms with Gasteiger partial charge in [-0.2, -0.15) is 0 Å². The summed E-state index contributed by atoms with van der Waals surface area (Å²) in [7, 11) is 0. The van der Waals surface area contributed by atoms with Gasteiger partial charge in [-0.1, -0.05) is 18.5 Å². The zero-order valence-electron chi connectivity index (χ0n) is 13.7. The number of rotatable bonds is 4. The first kappa shape index (κ1) is 17.0. The first-order chi connectivity index (χ1) is 11.5. The molecule has 0 aromatic rings. The standard InChI is InChI=1S/C16H20ClN3O4/c1-3-9-5-6-11(20(22)23)15(18-14(9)17)19-12-7-10(12)8-13(19)16(21)24-4-2/h6,10,12-13H,3-5,7-8H2,1-2H3/t10?,12?,13-/m1/s1. The summed E-state index contributed by atoms with van der Waals surface area (Å²) in [5, 5.41) is 11.8. The van der Waals surface area contributed by atoms with Gasteiger partial charge in [0.2, 0.25) is 5.84 Å². The second-order valence-corrected chi connectivity index (χ2v) is 6.57. The van der Waals surface area contributed by atoms with Gasteiger partial charge >= 0.3 is 11.7 Å². The number of aliphatic imine (C=N–C) groups is 1. The van der Waals surface area contributed by atoms with Crippen molar-refractivity contribution >= 4 is 23.4 Å². The van der Waals surface area contributed by atoms with Crippen molar-refractivity contribution in [2.24, 2.45) is 10.9 Å². The topological polar surface area (TPSA) is 85.0 Å². The highest BCUT2D eigenvalue weighted by Crippen LogP contribution is 2.49. The van der Waals surface area contributed by atoms with Crippen molar-refractivity contribution in [1.82, 2.24) is 4.90 Å². The van der Waals surface area contributed by atoms with Gasteiger partial charge in [-0.05, 0) is 44.1 Å². The van der Waals surface area contributed by atoms with Gasteiger partial charge in [0.25, 0.3) is 0 Å². The number of esters is 1. The van der Waals surface area contributed by atoms with E-state index in [2.05, 4.69) is 4.99 Å². The van der Waals surface area contributed by atoms with Crippen LogP contribution in [0.15, 0.2) is 27.5 Å². The van der Waals surface area contributed by atoms with Crippen LogP contribution in [-0.2, 0) is 9.53 Å². The van der Waals surface area contributed by atoms with E-state index in [1.54, 1.807) is 17.9 Å². The number of allylic oxidation sites excluding steroid dienone is 2. The lowest BCUT2D eigenvalue weighted by atomic mass is 10.1. The summed E-state index contributed by atoms with van der Waals surface area (Å²) in [6, 6.07) is -0.419. The maximum Gasteiger partial charge on any atom is 0.328 e. The minimum absolute atomic E-state index is 0.0848. The third-order valence-corrected chi connectivity index (χ3v) is 5.15. The molecule has 0 amide bonds. The number of halogens is 1. The van der Waals surface area contributed by atoms with E-state index >= 15 is 0 Å². The summed E-state index contributed by atoms with van der Waals surface area (Å²) in [6.45, 7) is 3.96. The Morgan fingerprint density at radius 3 is 2.88 bits per heavy atom. The van der Waals surface area contributed by atoms with Crippen LogP contribution in [0.5, 0.6) is 0 Å². The van der Waals surface area contributed by atoms with Crippen LogP contribution in [0.1, 0.15) is 39.5 Å². The number of carbonyl (C=O) groups is 1. The molecule has 0 aromatic carbocycles. The van der Waals surface area contributed by atoms with Crippen LogP contribution in [0.3, 0.4) is 0 Å². The molecule has 1 saturated carbocycles. The Labute approximate surface area is 145 Å². The second-order valence-electron chi connectivity index (χ2n) is 6.21. The van der Waals surface area contributed by atoms with E-state index in [0.717, 1.165) is 12.0 Å². The molecule has 0 radical (unpaired) electrons. The lowest BCUT2D eigenvalue weighted by Gasteiger charge is -2.27. The van der Waals surface area contributed by atoms with E-state index in [-0.39, 0.29) is 35.3 Å². The summed E-state index contributed by atoms with van der Waals surface area (Å²) in [4.78, 5) is 29.5. The van der Waals surface area contributed by atoms with Gasteiger partial charge in [-0.3, -0.25) is 10.1 Å². The highest BCUT2D eigenvalue weighted by molar-refractivity contribution is 6.30. The van der Waals surface area contributed by atoms with Gasteiger partial charge < -0.3 is 9.64 Å². The molecular weight excluding hydrogens is 334 g/mol. The summed E-state index contributed by atoms with van der Waals surface area (Å²) in [5.74, 6) is 0.207. The number of fused-ring (bicyclic) bond motifs is 1. The highest BCUT2D eigenvalue weighted by Gasteiger charge is 2.57. The van der Waals surface area contributed by atoms with Gasteiger partial charge in [-0.15, -0.1) is 0 Å². The number of hydrogen-bond donors (Lipinski definition) is 0. The molecule has 2 aliphatic heterocycles. The molecule has 3 aliphatic rings. The maximum atomic E-state index is 12.3. The summed E-state index contributed by atoms with van der Waals surface area (Å²) >= 11 is 6.27. The Kier molecular flexibility index (Phi) is 4.62. The van der Waals surface area contributed by atoms with Crippen LogP contribution in [0.4, 0.5) is 0 Å². The third-order valence-electron chi connectivity index (χ3n) is 4.80. The molecule has 2 fully saturated rings. The molecule has 3 atom stereocenters. The van der Waals surface area contributed by atoms with Crippen LogP contribution in [0.25, 0.3) is 0 Å². The Balaban J connectivity index is 2.01. The van der Waals surface area contributed by atoms with Crippen molar-refractivity contribution in [3.8, 4) is 0 Å². The Morgan fingerprint density at radius 2 is 2.25 bits per heavy atom. The van der Waals surface area contributed by atoms with E-state index < -0.39 is 11.0 Å². The fraction of sp³-hybridized carbons (Fsp3) is 0.625. The molecule has 7 nitrogen and oxygen atoms in total. The van der Waals surface area contributed by atoms with Gasteiger partial charge in [-0.25, -0.2) is 9.79 Å².